The van der Waals surface area contributed by atoms with Crippen molar-refractivity contribution >= 4 is 21.6 Å². The normalized spacial score (nSPS) is 12.8. The van der Waals surface area contributed by atoms with Gasteiger partial charge in [-0.15, -0.1) is 0 Å². The van der Waals surface area contributed by atoms with Gasteiger partial charge in [-0.25, -0.2) is 17.2 Å². The molecule has 2 aromatic carbocycles. The van der Waals surface area contributed by atoms with Crippen molar-refractivity contribution in [2.45, 2.75) is 31.7 Å². The van der Waals surface area contributed by atoms with Gasteiger partial charge in [-0.2, -0.15) is 4.72 Å². The average molecular weight is 382 g/mol. The van der Waals surface area contributed by atoms with Gasteiger partial charge in [0.2, 0.25) is 15.9 Å². The summed E-state index contributed by atoms with van der Waals surface area (Å²) in [7, 11) is -4.25. The van der Waals surface area contributed by atoms with Crippen LogP contribution in [0.15, 0.2) is 47.4 Å². The molecular formula is C18H20F2N2O3S. The number of halogens is 2. The van der Waals surface area contributed by atoms with Crippen molar-refractivity contribution in [3.63, 3.8) is 0 Å². The number of benzene rings is 2. The molecule has 26 heavy (non-hydrogen) atoms. The van der Waals surface area contributed by atoms with Gasteiger partial charge in [0, 0.05) is 5.69 Å². The minimum absolute atomic E-state index is 0.203. The Balaban J connectivity index is 2.24. The molecule has 0 aromatic heterocycles. The second-order valence-corrected chi connectivity index (χ2v) is 7.91. The summed E-state index contributed by atoms with van der Waals surface area (Å²) in [5, 5.41) is 2.48. The summed E-state index contributed by atoms with van der Waals surface area (Å²) in [5.74, 6) is -2.49. The number of carbonyl (C=O) groups excluding carboxylic acids is 1. The minimum Gasteiger partial charge on any atom is -0.325 e. The fourth-order valence-corrected chi connectivity index (χ4v) is 3.70. The van der Waals surface area contributed by atoms with Crippen LogP contribution in [-0.2, 0) is 14.8 Å². The van der Waals surface area contributed by atoms with Gasteiger partial charge in [-0.1, -0.05) is 32.0 Å². The molecule has 0 saturated carbocycles. The van der Waals surface area contributed by atoms with Crippen LogP contribution in [0, 0.1) is 24.5 Å². The zero-order chi connectivity index (χ0) is 19.5. The monoisotopic (exact) mass is 382 g/mol. The quantitative estimate of drug-likeness (QED) is 0.806. The van der Waals surface area contributed by atoms with Crippen molar-refractivity contribution in [3.05, 3.63) is 59.7 Å². The molecule has 1 unspecified atom stereocenters. The third-order valence-electron chi connectivity index (χ3n) is 3.80. The lowest BCUT2D eigenvalue weighted by atomic mass is 10.0. The van der Waals surface area contributed by atoms with Gasteiger partial charge < -0.3 is 5.32 Å². The van der Waals surface area contributed by atoms with E-state index < -0.39 is 44.4 Å². The van der Waals surface area contributed by atoms with E-state index in [0.717, 1.165) is 18.2 Å². The van der Waals surface area contributed by atoms with Crippen molar-refractivity contribution < 1.29 is 22.0 Å². The van der Waals surface area contributed by atoms with Crippen molar-refractivity contribution in [2.24, 2.45) is 5.92 Å². The van der Waals surface area contributed by atoms with E-state index in [0.29, 0.717) is 5.56 Å². The van der Waals surface area contributed by atoms with Gasteiger partial charge in [-0.05, 0) is 42.7 Å². The van der Waals surface area contributed by atoms with Gasteiger partial charge in [0.15, 0.2) is 0 Å². The van der Waals surface area contributed by atoms with E-state index in [4.69, 9.17) is 0 Å². The van der Waals surface area contributed by atoms with Gasteiger partial charge in [0.05, 0.1) is 0 Å². The highest BCUT2D eigenvalue weighted by atomic mass is 32.2. The summed E-state index contributed by atoms with van der Waals surface area (Å²) in [5.41, 5.74) is 0.623. The van der Waals surface area contributed by atoms with E-state index in [1.165, 1.54) is 24.3 Å². The topological polar surface area (TPSA) is 75.3 Å². The number of hydrogen-bond donors (Lipinski definition) is 2. The first-order valence-corrected chi connectivity index (χ1v) is 9.44. The Morgan fingerprint density at radius 1 is 1.04 bits per heavy atom. The van der Waals surface area contributed by atoms with Crippen molar-refractivity contribution in [3.8, 4) is 0 Å². The Kier molecular flexibility index (Phi) is 6.09. The molecule has 1 amide bonds. The van der Waals surface area contributed by atoms with E-state index in [9.17, 15) is 22.0 Å². The summed E-state index contributed by atoms with van der Waals surface area (Å²) in [4.78, 5) is 11.9. The van der Waals surface area contributed by atoms with Crippen LogP contribution in [0.4, 0.5) is 14.5 Å². The molecule has 5 nitrogen and oxygen atoms in total. The van der Waals surface area contributed by atoms with Gasteiger partial charge in [0.1, 0.15) is 22.6 Å². The standard InChI is InChI=1S/C18H20F2N2O3S/c1-11(2)17(18(23)21-13-9-8-12(3)15(20)10-13)22-26(24,25)16-7-5-4-6-14(16)19/h4-11,17,22H,1-3H3,(H,21,23). The molecule has 2 rings (SSSR count). The van der Waals surface area contributed by atoms with Crippen LogP contribution in [0.1, 0.15) is 19.4 Å². The second-order valence-electron chi connectivity index (χ2n) is 6.23. The van der Waals surface area contributed by atoms with Crippen LogP contribution in [0.2, 0.25) is 0 Å². The van der Waals surface area contributed by atoms with Crippen LogP contribution in [0.5, 0.6) is 0 Å². The Bertz CT molecular complexity index is 914. The number of amides is 1. The smallest absolute Gasteiger partial charge is 0.244 e. The zero-order valence-corrected chi connectivity index (χ0v) is 15.4. The predicted octanol–water partition coefficient (Wildman–Crippen LogP) is 3.21. The number of aryl methyl sites for hydroxylation is 1. The summed E-state index contributed by atoms with van der Waals surface area (Å²) in [6.07, 6.45) is 0. The van der Waals surface area contributed by atoms with E-state index >= 15 is 0 Å². The molecule has 0 bridgehead atoms. The number of anilines is 1. The number of sulfonamides is 1. The second kappa shape index (κ2) is 7.92. The van der Waals surface area contributed by atoms with Crippen molar-refractivity contribution in [1.29, 1.82) is 0 Å². The van der Waals surface area contributed by atoms with Gasteiger partial charge in [-0.3, -0.25) is 4.79 Å². The Morgan fingerprint density at radius 2 is 1.69 bits per heavy atom. The zero-order valence-electron chi connectivity index (χ0n) is 14.6. The highest BCUT2D eigenvalue weighted by Crippen LogP contribution is 2.18. The Morgan fingerprint density at radius 3 is 2.27 bits per heavy atom. The average Bonchev–Trinajstić information content (AvgIpc) is 2.56. The highest BCUT2D eigenvalue weighted by molar-refractivity contribution is 7.89. The number of hydrogen-bond acceptors (Lipinski definition) is 3. The molecule has 0 fully saturated rings. The summed E-state index contributed by atoms with van der Waals surface area (Å²) >= 11 is 0. The van der Waals surface area contributed by atoms with Gasteiger partial charge >= 0.3 is 0 Å². The maximum absolute atomic E-state index is 13.8. The highest BCUT2D eigenvalue weighted by Gasteiger charge is 2.30. The summed E-state index contributed by atoms with van der Waals surface area (Å²) in [6.45, 7) is 4.87. The third kappa shape index (κ3) is 4.64. The molecule has 2 aromatic rings. The third-order valence-corrected chi connectivity index (χ3v) is 5.27. The fourth-order valence-electron chi connectivity index (χ4n) is 2.28. The maximum atomic E-state index is 13.8. The van der Waals surface area contributed by atoms with Crippen LogP contribution in [0.25, 0.3) is 0 Å². The molecule has 0 spiro atoms. The maximum Gasteiger partial charge on any atom is 0.244 e. The molecule has 0 heterocycles. The molecule has 0 saturated heterocycles. The lowest BCUT2D eigenvalue weighted by molar-refractivity contribution is -0.118. The SMILES string of the molecule is Cc1ccc(NC(=O)C(NS(=O)(=O)c2ccccc2F)C(C)C)cc1F. The molecule has 0 aliphatic heterocycles. The van der Waals surface area contributed by atoms with Crippen LogP contribution < -0.4 is 10.0 Å². The summed E-state index contributed by atoms with van der Waals surface area (Å²) < 4.78 is 54.5. The van der Waals surface area contributed by atoms with E-state index in [-0.39, 0.29) is 5.69 Å². The van der Waals surface area contributed by atoms with Crippen LogP contribution in [0.3, 0.4) is 0 Å². The summed E-state index contributed by atoms with van der Waals surface area (Å²) in [6, 6.07) is 7.89. The predicted molar refractivity (Wildman–Crippen MR) is 95.1 cm³/mol. The molecule has 8 heteroatoms. The molecule has 0 radical (unpaired) electrons. The van der Waals surface area contributed by atoms with Crippen molar-refractivity contribution in [2.75, 3.05) is 5.32 Å². The van der Waals surface area contributed by atoms with E-state index in [1.54, 1.807) is 20.8 Å². The molecule has 0 aliphatic rings. The molecule has 2 N–H and O–H groups in total. The van der Waals surface area contributed by atoms with Gasteiger partial charge in [0.25, 0.3) is 0 Å². The van der Waals surface area contributed by atoms with Crippen LogP contribution >= 0.6 is 0 Å². The number of rotatable bonds is 6. The fraction of sp³-hybridized carbons (Fsp3) is 0.278. The molecular weight excluding hydrogens is 362 g/mol. The largest absolute Gasteiger partial charge is 0.325 e. The molecule has 1 atom stereocenters. The minimum atomic E-state index is -4.25. The van der Waals surface area contributed by atoms with Crippen molar-refractivity contribution in [1.82, 2.24) is 4.72 Å². The first kappa shape index (κ1) is 20.0. The number of nitrogens with one attached hydrogen (secondary N) is 2. The van der Waals surface area contributed by atoms with E-state index in [2.05, 4.69) is 10.0 Å². The lowest BCUT2D eigenvalue weighted by Gasteiger charge is -2.22. The lowest BCUT2D eigenvalue weighted by Crippen LogP contribution is -2.47. The van der Waals surface area contributed by atoms with Crippen LogP contribution in [-0.4, -0.2) is 20.4 Å². The molecule has 0 aliphatic carbocycles. The Hall–Kier alpha value is -2.32. The van der Waals surface area contributed by atoms with E-state index in [1.807, 2.05) is 0 Å². The number of carbonyl (C=O) groups is 1. The first-order chi connectivity index (χ1) is 12.1. The Labute approximate surface area is 151 Å². The first-order valence-electron chi connectivity index (χ1n) is 7.95. The molecule has 140 valence electrons.